The van der Waals surface area contributed by atoms with Gasteiger partial charge in [0.15, 0.2) is 6.29 Å². The lowest BCUT2D eigenvalue weighted by molar-refractivity contribution is -0.168. The number of benzene rings is 1. The van der Waals surface area contributed by atoms with Gasteiger partial charge in [-0.2, -0.15) is 0 Å². The molecule has 0 bridgehead atoms. The van der Waals surface area contributed by atoms with Gasteiger partial charge in [0.1, 0.15) is 0 Å². The number of rotatable bonds is 4. The number of para-hydroxylation sites is 1. The van der Waals surface area contributed by atoms with Crippen LogP contribution in [-0.4, -0.2) is 25.0 Å². The first-order valence-electron chi connectivity index (χ1n) is 7.02. The van der Waals surface area contributed by atoms with Gasteiger partial charge in [0.25, 0.3) is 0 Å². The van der Waals surface area contributed by atoms with E-state index in [-0.39, 0.29) is 6.29 Å². The molecule has 3 rings (SSSR count). The minimum atomic E-state index is -0.0791. The van der Waals surface area contributed by atoms with Crippen molar-refractivity contribution < 1.29 is 14.2 Å². The van der Waals surface area contributed by atoms with Gasteiger partial charge in [-0.25, -0.2) is 4.98 Å². The zero-order valence-corrected chi connectivity index (χ0v) is 11.7. The Morgan fingerprint density at radius 2 is 2.20 bits per heavy atom. The summed E-state index contributed by atoms with van der Waals surface area (Å²) in [5.41, 5.74) is 2.00. The fourth-order valence-electron chi connectivity index (χ4n) is 2.45. The Morgan fingerprint density at radius 1 is 1.25 bits per heavy atom. The third-order valence-electron chi connectivity index (χ3n) is 3.55. The molecule has 1 saturated heterocycles. The molecule has 0 spiro atoms. The second kappa shape index (κ2) is 6.20. The number of aromatic nitrogens is 1. The quantitative estimate of drug-likeness (QED) is 0.857. The van der Waals surface area contributed by atoms with Gasteiger partial charge >= 0.3 is 0 Å². The molecule has 4 heteroatoms. The lowest BCUT2D eigenvalue weighted by Crippen LogP contribution is -2.22. The van der Waals surface area contributed by atoms with Gasteiger partial charge in [-0.1, -0.05) is 18.2 Å². The highest BCUT2D eigenvalue weighted by Crippen LogP contribution is 2.22. The summed E-state index contributed by atoms with van der Waals surface area (Å²) in [7, 11) is 1.63. The van der Waals surface area contributed by atoms with Gasteiger partial charge < -0.3 is 14.2 Å². The second-order valence-electron chi connectivity index (χ2n) is 4.95. The van der Waals surface area contributed by atoms with Crippen molar-refractivity contribution in [2.45, 2.75) is 32.2 Å². The molecule has 0 saturated carbocycles. The minimum absolute atomic E-state index is 0.0791. The van der Waals surface area contributed by atoms with Gasteiger partial charge in [-0.15, -0.1) is 0 Å². The third kappa shape index (κ3) is 2.92. The van der Waals surface area contributed by atoms with Crippen molar-refractivity contribution in [1.29, 1.82) is 0 Å². The Morgan fingerprint density at radius 3 is 3.00 bits per heavy atom. The molecule has 0 N–H and O–H groups in total. The summed E-state index contributed by atoms with van der Waals surface area (Å²) >= 11 is 0. The van der Waals surface area contributed by atoms with E-state index in [9.17, 15) is 0 Å². The second-order valence-corrected chi connectivity index (χ2v) is 4.95. The van der Waals surface area contributed by atoms with Crippen LogP contribution in [0.3, 0.4) is 0 Å². The van der Waals surface area contributed by atoms with Crippen molar-refractivity contribution >= 4 is 10.9 Å². The average Bonchev–Trinajstić information content (AvgIpc) is 2.53. The fraction of sp³-hybridized carbons (Fsp3) is 0.438. The topological polar surface area (TPSA) is 40.6 Å². The Kier molecular flexibility index (Phi) is 4.14. The standard InChI is InChI=1S/C16H19NO3/c1-18-14-9-8-12-5-4-6-13(16(12)17-14)11-20-15-7-2-3-10-19-15/h4-6,8-9,15H,2-3,7,10-11H2,1H3. The van der Waals surface area contributed by atoms with E-state index < -0.39 is 0 Å². The van der Waals surface area contributed by atoms with Crippen LogP contribution < -0.4 is 4.74 Å². The third-order valence-corrected chi connectivity index (χ3v) is 3.55. The summed E-state index contributed by atoms with van der Waals surface area (Å²) < 4.78 is 16.6. The SMILES string of the molecule is COc1ccc2cccc(COC3CCCCO3)c2n1. The molecule has 1 fully saturated rings. The van der Waals surface area contributed by atoms with Crippen LogP contribution in [-0.2, 0) is 16.1 Å². The Hall–Kier alpha value is -1.65. The molecular weight excluding hydrogens is 254 g/mol. The number of ether oxygens (including phenoxy) is 3. The number of fused-ring (bicyclic) bond motifs is 1. The van der Waals surface area contributed by atoms with E-state index in [1.54, 1.807) is 7.11 Å². The molecule has 1 unspecified atom stereocenters. The number of hydrogen-bond acceptors (Lipinski definition) is 4. The molecular formula is C16H19NO3. The van der Waals surface area contributed by atoms with Gasteiger partial charge in [0, 0.05) is 23.6 Å². The molecule has 0 amide bonds. The van der Waals surface area contributed by atoms with Gasteiger partial charge in [0.05, 0.1) is 19.2 Å². The lowest BCUT2D eigenvalue weighted by Gasteiger charge is -2.22. The van der Waals surface area contributed by atoms with E-state index in [2.05, 4.69) is 4.98 Å². The van der Waals surface area contributed by atoms with Crippen LogP contribution in [0.1, 0.15) is 24.8 Å². The molecule has 20 heavy (non-hydrogen) atoms. The Balaban J connectivity index is 1.79. The van der Waals surface area contributed by atoms with Crippen LogP contribution in [0.2, 0.25) is 0 Å². The molecule has 1 atom stereocenters. The number of pyridine rings is 1. The minimum Gasteiger partial charge on any atom is -0.481 e. The molecule has 1 aliphatic rings. The lowest BCUT2D eigenvalue weighted by atomic mass is 10.1. The summed E-state index contributed by atoms with van der Waals surface area (Å²) in [5.74, 6) is 0.624. The van der Waals surface area contributed by atoms with Crippen molar-refractivity contribution in [2.75, 3.05) is 13.7 Å². The number of nitrogens with zero attached hydrogens (tertiary/aromatic N) is 1. The summed E-state index contributed by atoms with van der Waals surface area (Å²) in [5, 5.41) is 1.09. The molecule has 1 aromatic carbocycles. The van der Waals surface area contributed by atoms with E-state index in [0.717, 1.165) is 35.9 Å². The summed E-state index contributed by atoms with van der Waals surface area (Å²) in [6, 6.07) is 10.00. The summed E-state index contributed by atoms with van der Waals surface area (Å²) in [4.78, 5) is 4.51. The summed E-state index contributed by atoms with van der Waals surface area (Å²) in [6.07, 6.45) is 3.20. The van der Waals surface area contributed by atoms with E-state index in [4.69, 9.17) is 14.2 Å². The number of hydrogen-bond donors (Lipinski definition) is 0. The maximum Gasteiger partial charge on any atom is 0.213 e. The van der Waals surface area contributed by atoms with Crippen molar-refractivity contribution in [2.24, 2.45) is 0 Å². The molecule has 2 aromatic rings. The Labute approximate surface area is 118 Å². The highest BCUT2D eigenvalue weighted by molar-refractivity contribution is 5.82. The van der Waals surface area contributed by atoms with Crippen LogP contribution in [0.5, 0.6) is 5.88 Å². The smallest absolute Gasteiger partial charge is 0.213 e. The Bertz CT molecular complexity index is 579. The zero-order chi connectivity index (χ0) is 13.8. The molecule has 1 aromatic heterocycles. The predicted octanol–water partition coefficient (Wildman–Crippen LogP) is 3.29. The average molecular weight is 273 g/mol. The monoisotopic (exact) mass is 273 g/mol. The van der Waals surface area contributed by atoms with Gasteiger partial charge in [0.2, 0.25) is 5.88 Å². The first-order valence-corrected chi connectivity index (χ1v) is 7.02. The van der Waals surface area contributed by atoms with Crippen molar-refractivity contribution in [3.8, 4) is 5.88 Å². The van der Waals surface area contributed by atoms with Crippen LogP contribution >= 0.6 is 0 Å². The van der Waals surface area contributed by atoms with E-state index in [1.807, 2.05) is 30.3 Å². The molecule has 1 aliphatic heterocycles. The normalized spacial score (nSPS) is 19.1. The fourth-order valence-corrected chi connectivity index (χ4v) is 2.45. The molecule has 0 radical (unpaired) electrons. The van der Waals surface area contributed by atoms with Crippen molar-refractivity contribution in [3.05, 3.63) is 35.9 Å². The van der Waals surface area contributed by atoms with Crippen LogP contribution in [0, 0.1) is 0 Å². The largest absolute Gasteiger partial charge is 0.481 e. The van der Waals surface area contributed by atoms with Crippen molar-refractivity contribution in [1.82, 2.24) is 4.98 Å². The maximum absolute atomic E-state index is 5.85. The van der Waals surface area contributed by atoms with Crippen LogP contribution in [0.15, 0.2) is 30.3 Å². The van der Waals surface area contributed by atoms with Crippen LogP contribution in [0.4, 0.5) is 0 Å². The molecule has 0 aliphatic carbocycles. The van der Waals surface area contributed by atoms with E-state index in [1.165, 1.54) is 6.42 Å². The first kappa shape index (κ1) is 13.3. The van der Waals surface area contributed by atoms with E-state index in [0.29, 0.717) is 12.5 Å². The molecule has 106 valence electrons. The van der Waals surface area contributed by atoms with Crippen molar-refractivity contribution in [3.63, 3.8) is 0 Å². The maximum atomic E-state index is 5.85. The van der Waals surface area contributed by atoms with E-state index >= 15 is 0 Å². The first-order chi connectivity index (χ1) is 9.86. The molecule has 4 nitrogen and oxygen atoms in total. The zero-order valence-electron chi connectivity index (χ0n) is 11.7. The highest BCUT2D eigenvalue weighted by atomic mass is 16.7. The van der Waals surface area contributed by atoms with Gasteiger partial charge in [-0.3, -0.25) is 0 Å². The van der Waals surface area contributed by atoms with Gasteiger partial charge in [-0.05, 0) is 25.3 Å². The molecule has 2 heterocycles. The predicted molar refractivity (Wildman–Crippen MR) is 76.7 cm³/mol. The number of methoxy groups -OCH3 is 1. The summed E-state index contributed by atoms with van der Waals surface area (Å²) in [6.45, 7) is 1.31. The highest BCUT2D eigenvalue weighted by Gasteiger charge is 2.14. The van der Waals surface area contributed by atoms with Crippen LogP contribution in [0.25, 0.3) is 10.9 Å².